The Labute approximate surface area is 245 Å². The summed E-state index contributed by atoms with van der Waals surface area (Å²) < 4.78 is 0. The first-order valence-electron chi connectivity index (χ1n) is 15.2. The highest BCUT2D eigenvalue weighted by atomic mass is 16.2. The maximum Gasteiger partial charge on any atom is 0.332 e. The Kier molecular flexibility index (Phi) is 6.81. The molecule has 3 aromatic carbocycles. The molecule has 4 amide bonds. The molecule has 0 unspecified atom stereocenters. The van der Waals surface area contributed by atoms with E-state index >= 15 is 0 Å². The van der Waals surface area contributed by atoms with Crippen molar-refractivity contribution in [1.82, 2.24) is 15.2 Å². The average Bonchev–Trinajstić information content (AvgIpc) is 3.48. The van der Waals surface area contributed by atoms with Crippen LogP contribution in [0.5, 0.6) is 0 Å². The average molecular weight is 561 g/mol. The standard InChI is InChI=1S/C35H36N4O3/c1-22-17-19-23(20-18-22)32-31-27(25-13-7-9-15-28(25)37-31)21-30-34(41)39(35(42)38(30)32)29-16-10-8-14-26(29)33(40)36-24-11-5-3-2-4-6-12-24/h7-10,13-20,24,30,32,37H,2-6,11-12,21H2,1H3,(H,36,40)/t30-,32+/m0/s1. The molecule has 2 atom stereocenters. The predicted molar refractivity (Wildman–Crippen MR) is 164 cm³/mol. The van der Waals surface area contributed by atoms with Crippen LogP contribution in [-0.4, -0.2) is 39.8 Å². The monoisotopic (exact) mass is 560 g/mol. The van der Waals surface area contributed by atoms with Gasteiger partial charge >= 0.3 is 6.03 Å². The summed E-state index contributed by atoms with van der Waals surface area (Å²) in [5, 5.41) is 4.29. The number of fused-ring (bicyclic) bond motifs is 4. The summed E-state index contributed by atoms with van der Waals surface area (Å²) in [6.07, 6.45) is 8.16. The van der Waals surface area contributed by atoms with Gasteiger partial charge < -0.3 is 10.3 Å². The van der Waals surface area contributed by atoms with Gasteiger partial charge in [0.1, 0.15) is 12.1 Å². The van der Waals surface area contributed by atoms with E-state index in [0.29, 0.717) is 17.7 Å². The normalized spacial score (nSPS) is 21.2. The number of aromatic amines is 1. The number of urea groups is 1. The molecule has 2 aliphatic heterocycles. The smallest absolute Gasteiger partial charge is 0.332 e. The van der Waals surface area contributed by atoms with E-state index in [1.807, 2.05) is 49.4 Å². The van der Waals surface area contributed by atoms with Crippen LogP contribution in [0.25, 0.3) is 10.9 Å². The van der Waals surface area contributed by atoms with Crippen molar-refractivity contribution in [2.45, 2.75) is 76.4 Å². The third-order valence-corrected chi connectivity index (χ3v) is 9.27. The molecular weight excluding hydrogens is 524 g/mol. The number of rotatable bonds is 4. The Bertz CT molecular complexity index is 1670. The fourth-order valence-corrected chi connectivity index (χ4v) is 7.12. The number of H-pyrrole nitrogens is 1. The number of nitrogens with one attached hydrogen (secondary N) is 2. The highest BCUT2D eigenvalue weighted by molar-refractivity contribution is 6.24. The van der Waals surface area contributed by atoms with E-state index in [4.69, 9.17) is 0 Å². The number of aromatic nitrogens is 1. The van der Waals surface area contributed by atoms with Crippen molar-refractivity contribution in [2.24, 2.45) is 0 Å². The molecule has 42 heavy (non-hydrogen) atoms. The van der Waals surface area contributed by atoms with Gasteiger partial charge in [-0.3, -0.25) is 14.5 Å². The molecule has 214 valence electrons. The van der Waals surface area contributed by atoms with Crippen LogP contribution < -0.4 is 10.2 Å². The van der Waals surface area contributed by atoms with Gasteiger partial charge in [-0.1, -0.05) is 92.3 Å². The molecule has 1 saturated carbocycles. The van der Waals surface area contributed by atoms with Crippen LogP contribution in [0.1, 0.15) is 83.7 Å². The minimum Gasteiger partial charge on any atom is -0.356 e. The summed E-state index contributed by atoms with van der Waals surface area (Å²) >= 11 is 0. The number of para-hydroxylation sites is 2. The number of anilines is 1. The number of nitrogens with zero attached hydrogens (tertiary/aromatic N) is 2. The lowest BCUT2D eigenvalue weighted by atomic mass is 9.88. The van der Waals surface area contributed by atoms with Crippen molar-refractivity contribution in [3.8, 4) is 0 Å². The highest BCUT2D eigenvalue weighted by Crippen LogP contribution is 2.45. The van der Waals surface area contributed by atoms with E-state index in [9.17, 15) is 14.4 Å². The van der Waals surface area contributed by atoms with Crippen LogP contribution >= 0.6 is 0 Å². The van der Waals surface area contributed by atoms with Crippen LogP contribution in [0.3, 0.4) is 0 Å². The number of imide groups is 1. The molecular formula is C35H36N4O3. The molecule has 0 radical (unpaired) electrons. The molecule has 7 heteroatoms. The number of hydrogen-bond donors (Lipinski definition) is 2. The third-order valence-electron chi connectivity index (χ3n) is 9.27. The molecule has 2 fully saturated rings. The van der Waals surface area contributed by atoms with Gasteiger partial charge in [-0.15, -0.1) is 0 Å². The predicted octanol–water partition coefficient (Wildman–Crippen LogP) is 6.80. The van der Waals surface area contributed by atoms with Crippen LogP contribution in [-0.2, 0) is 11.2 Å². The molecule has 1 aromatic heterocycles. The zero-order valence-corrected chi connectivity index (χ0v) is 23.9. The molecule has 2 N–H and O–H groups in total. The summed E-state index contributed by atoms with van der Waals surface area (Å²) in [5.41, 5.74) is 5.77. The second-order valence-electron chi connectivity index (χ2n) is 12.0. The number of hydrogen-bond acceptors (Lipinski definition) is 3. The molecule has 4 aromatic rings. The summed E-state index contributed by atoms with van der Waals surface area (Å²) in [6.45, 7) is 2.03. The lowest BCUT2D eigenvalue weighted by Crippen LogP contribution is -2.44. The summed E-state index contributed by atoms with van der Waals surface area (Å²) in [5.74, 6) is -0.521. The quantitative estimate of drug-likeness (QED) is 0.269. The number of amides is 4. The minimum absolute atomic E-state index is 0.103. The molecule has 7 nitrogen and oxygen atoms in total. The van der Waals surface area contributed by atoms with Crippen LogP contribution in [0.15, 0.2) is 72.8 Å². The van der Waals surface area contributed by atoms with Gasteiger partial charge in [-0.25, -0.2) is 9.69 Å². The number of benzene rings is 3. The van der Waals surface area contributed by atoms with E-state index in [1.54, 1.807) is 29.2 Å². The largest absolute Gasteiger partial charge is 0.356 e. The maximum absolute atomic E-state index is 14.4. The summed E-state index contributed by atoms with van der Waals surface area (Å²) in [6, 6.07) is 21.8. The zero-order valence-electron chi connectivity index (χ0n) is 23.9. The second kappa shape index (κ2) is 10.8. The van der Waals surface area contributed by atoms with E-state index in [2.05, 4.69) is 16.4 Å². The first-order valence-corrected chi connectivity index (χ1v) is 15.2. The minimum atomic E-state index is -0.669. The fraction of sp³-hybridized carbons (Fsp3) is 0.343. The van der Waals surface area contributed by atoms with Gasteiger partial charge in [0, 0.05) is 29.1 Å². The van der Waals surface area contributed by atoms with Gasteiger partial charge in [0.2, 0.25) is 0 Å². The molecule has 0 spiro atoms. The second-order valence-corrected chi connectivity index (χ2v) is 12.0. The van der Waals surface area contributed by atoms with Crippen LogP contribution in [0.4, 0.5) is 10.5 Å². The van der Waals surface area contributed by atoms with Crippen molar-refractivity contribution >= 4 is 34.4 Å². The first-order chi connectivity index (χ1) is 20.5. The number of carbonyl (C=O) groups is 3. The van der Waals surface area contributed by atoms with Gasteiger partial charge in [0.05, 0.1) is 11.3 Å². The molecule has 3 aliphatic rings. The van der Waals surface area contributed by atoms with E-state index in [1.165, 1.54) is 24.2 Å². The van der Waals surface area contributed by atoms with Gasteiger partial charge in [-0.05, 0) is 49.1 Å². The Morgan fingerprint density at radius 3 is 2.33 bits per heavy atom. The summed E-state index contributed by atoms with van der Waals surface area (Å²) in [7, 11) is 0. The van der Waals surface area contributed by atoms with Gasteiger partial charge in [-0.2, -0.15) is 0 Å². The highest BCUT2D eigenvalue weighted by Gasteiger charge is 2.53. The Morgan fingerprint density at radius 2 is 1.55 bits per heavy atom. The van der Waals surface area contributed by atoms with E-state index in [-0.39, 0.29) is 17.9 Å². The van der Waals surface area contributed by atoms with Gasteiger partial charge in [0.25, 0.3) is 11.8 Å². The van der Waals surface area contributed by atoms with Gasteiger partial charge in [0.15, 0.2) is 0 Å². The molecule has 3 heterocycles. The van der Waals surface area contributed by atoms with Crippen LogP contribution in [0, 0.1) is 6.92 Å². The van der Waals surface area contributed by atoms with E-state index < -0.39 is 18.1 Å². The van der Waals surface area contributed by atoms with Crippen molar-refractivity contribution in [3.05, 3.63) is 101 Å². The maximum atomic E-state index is 14.4. The first kappa shape index (κ1) is 26.5. The SMILES string of the molecule is Cc1ccc([C@@H]2c3[nH]c4ccccc4c3C[C@H]3C(=O)N(c4ccccc4C(=O)NC4CCCCCCC4)C(=O)N23)cc1. The molecule has 1 saturated heterocycles. The van der Waals surface area contributed by atoms with Crippen molar-refractivity contribution < 1.29 is 14.4 Å². The van der Waals surface area contributed by atoms with Crippen LogP contribution in [0.2, 0.25) is 0 Å². The summed E-state index contributed by atoms with van der Waals surface area (Å²) in [4.78, 5) is 48.8. The lowest BCUT2D eigenvalue weighted by Gasteiger charge is -2.36. The van der Waals surface area contributed by atoms with Crippen molar-refractivity contribution in [1.29, 1.82) is 0 Å². The fourth-order valence-electron chi connectivity index (χ4n) is 7.12. The Morgan fingerprint density at radius 1 is 0.857 bits per heavy atom. The van der Waals surface area contributed by atoms with Crippen molar-refractivity contribution in [3.63, 3.8) is 0 Å². The van der Waals surface area contributed by atoms with Crippen molar-refractivity contribution in [2.75, 3.05) is 4.90 Å². The zero-order chi connectivity index (χ0) is 28.8. The lowest BCUT2D eigenvalue weighted by molar-refractivity contribution is -0.120. The third kappa shape index (κ3) is 4.48. The number of aryl methyl sites for hydroxylation is 1. The topological polar surface area (TPSA) is 85.5 Å². The Balaban J connectivity index is 1.27. The molecule has 7 rings (SSSR count). The van der Waals surface area contributed by atoms with E-state index in [0.717, 1.165) is 59.0 Å². The molecule has 0 bridgehead atoms. The Hall–Kier alpha value is -4.39. The number of carbonyl (C=O) groups excluding carboxylic acids is 3. The molecule has 1 aliphatic carbocycles.